The molecule has 304 valence electrons. The zero-order chi connectivity index (χ0) is 43.2. The van der Waals surface area contributed by atoms with Crippen molar-refractivity contribution in [1.29, 1.82) is 0 Å². The standard InChI is InChI=1S/C50H51NO8/c1-4-6-8-10-12-14-16-18-19-20-21-22-23-24-25-26-27-28-30-32-34-36-38-40-45(53)51-43(41-58-50-49(57)48(56)46(54)42(3)59-50)47(55)44(52)39-37-35-33-31-29-17-15-13-11-9-7-5-2/h42-44,46-50,52,54-57H,5,7,9,11,13,15,17,29,31,33,35,37,39,41H2,1-3H3,(H,51,53)/t42-,43-,44+,46+,47-,48?,49?,50+/m0/s1. The van der Waals surface area contributed by atoms with Crippen molar-refractivity contribution in [3.63, 3.8) is 0 Å². The number of amides is 1. The summed E-state index contributed by atoms with van der Waals surface area (Å²) in [7, 11) is 0. The third kappa shape index (κ3) is 26.5. The van der Waals surface area contributed by atoms with Crippen LogP contribution in [0.3, 0.4) is 0 Å². The van der Waals surface area contributed by atoms with Crippen LogP contribution >= 0.6 is 0 Å². The quantitative estimate of drug-likeness (QED) is 0.0863. The first-order valence-corrected chi connectivity index (χ1v) is 19.6. The average molecular weight is 794 g/mol. The number of hydrogen-bond acceptors (Lipinski definition) is 8. The van der Waals surface area contributed by atoms with Crippen LogP contribution in [-0.2, 0) is 14.3 Å². The molecule has 0 aliphatic carbocycles. The Morgan fingerprint density at radius 3 is 1.39 bits per heavy atom. The van der Waals surface area contributed by atoms with Crippen LogP contribution < -0.4 is 5.32 Å². The normalized spacial score (nSPS) is 17.9. The van der Waals surface area contributed by atoms with Crippen molar-refractivity contribution in [2.45, 2.75) is 153 Å². The van der Waals surface area contributed by atoms with Gasteiger partial charge in [-0.2, -0.15) is 0 Å². The van der Waals surface area contributed by atoms with Crippen molar-refractivity contribution < 1.29 is 39.8 Å². The number of aliphatic hydroxyl groups excluding tert-OH is 5. The van der Waals surface area contributed by atoms with Gasteiger partial charge in [0, 0.05) is 41.4 Å². The minimum atomic E-state index is -1.59. The molecular weight excluding hydrogens is 743 g/mol. The molecule has 1 heterocycles. The fourth-order valence-corrected chi connectivity index (χ4v) is 5.19. The minimum absolute atomic E-state index is 0.291. The van der Waals surface area contributed by atoms with Gasteiger partial charge in [0.1, 0.15) is 24.4 Å². The first-order valence-electron chi connectivity index (χ1n) is 19.6. The van der Waals surface area contributed by atoms with Crippen LogP contribution in [0.5, 0.6) is 0 Å². The molecule has 9 nitrogen and oxygen atoms in total. The highest BCUT2D eigenvalue weighted by molar-refractivity contribution is 5.94. The molecular formula is C50H51NO8. The number of carbonyl (C=O) groups is 1. The highest BCUT2D eigenvalue weighted by Crippen LogP contribution is 2.22. The van der Waals surface area contributed by atoms with Crippen molar-refractivity contribution >= 4 is 5.91 Å². The van der Waals surface area contributed by atoms with E-state index in [0.717, 1.165) is 19.3 Å². The van der Waals surface area contributed by atoms with Crippen molar-refractivity contribution in [3.05, 3.63) is 0 Å². The third-order valence-corrected chi connectivity index (χ3v) is 8.34. The Kier molecular flexibility index (Phi) is 30.3. The van der Waals surface area contributed by atoms with Crippen molar-refractivity contribution in [2.75, 3.05) is 6.61 Å². The van der Waals surface area contributed by atoms with Gasteiger partial charge in [0.15, 0.2) is 6.29 Å². The molecule has 8 atom stereocenters. The third-order valence-electron chi connectivity index (χ3n) is 8.34. The lowest BCUT2D eigenvalue weighted by Gasteiger charge is -2.39. The van der Waals surface area contributed by atoms with Gasteiger partial charge in [-0.3, -0.25) is 4.79 Å². The number of rotatable bonds is 19. The van der Waals surface area contributed by atoms with Gasteiger partial charge >= 0.3 is 0 Å². The molecule has 0 radical (unpaired) electrons. The number of hydrogen-bond donors (Lipinski definition) is 6. The Bertz CT molecular complexity index is 2120. The fourth-order valence-electron chi connectivity index (χ4n) is 5.19. The van der Waals surface area contributed by atoms with Crippen LogP contribution in [0, 0.1) is 142 Å². The Morgan fingerprint density at radius 1 is 0.576 bits per heavy atom. The van der Waals surface area contributed by atoms with Crippen LogP contribution in [0.1, 0.15) is 104 Å². The topological polar surface area (TPSA) is 149 Å². The lowest BCUT2D eigenvalue weighted by atomic mass is 9.98. The molecule has 1 saturated heterocycles. The summed E-state index contributed by atoms with van der Waals surface area (Å²) in [6.45, 7) is 4.99. The zero-order valence-electron chi connectivity index (χ0n) is 34.0. The molecule has 1 rings (SSSR count). The van der Waals surface area contributed by atoms with E-state index in [1.54, 1.807) is 6.92 Å². The number of nitrogens with one attached hydrogen (secondary N) is 1. The van der Waals surface area contributed by atoms with E-state index in [0.29, 0.717) is 12.8 Å². The molecule has 1 aliphatic rings. The Balaban J connectivity index is 2.70. The fraction of sp³-hybridized carbons (Fsp3) is 0.500. The van der Waals surface area contributed by atoms with Crippen molar-refractivity contribution in [1.82, 2.24) is 5.32 Å². The second kappa shape index (κ2) is 35.1. The van der Waals surface area contributed by atoms with E-state index in [4.69, 9.17) is 9.47 Å². The van der Waals surface area contributed by atoms with Crippen LogP contribution in [0.15, 0.2) is 0 Å². The van der Waals surface area contributed by atoms with Gasteiger partial charge in [-0.25, -0.2) is 0 Å². The second-order valence-corrected chi connectivity index (χ2v) is 13.0. The molecule has 59 heavy (non-hydrogen) atoms. The van der Waals surface area contributed by atoms with Crippen LogP contribution in [0.25, 0.3) is 0 Å². The summed E-state index contributed by atoms with van der Waals surface area (Å²) >= 11 is 0. The Hall–Kier alpha value is -6.09. The van der Waals surface area contributed by atoms with Gasteiger partial charge in [-0.15, -0.1) is 0 Å². The molecule has 0 aromatic carbocycles. The molecule has 1 fully saturated rings. The molecule has 2 unspecified atom stereocenters. The maximum atomic E-state index is 12.7. The molecule has 0 saturated carbocycles. The molecule has 0 aromatic rings. The van der Waals surface area contributed by atoms with Gasteiger partial charge in [-0.05, 0) is 115 Å². The molecule has 0 spiro atoms. The highest BCUT2D eigenvalue weighted by atomic mass is 16.7. The number of aliphatic hydroxyl groups is 5. The highest BCUT2D eigenvalue weighted by Gasteiger charge is 2.43. The van der Waals surface area contributed by atoms with Crippen LogP contribution in [0.4, 0.5) is 0 Å². The lowest BCUT2D eigenvalue weighted by Crippen LogP contribution is -2.58. The van der Waals surface area contributed by atoms with Gasteiger partial charge in [0.05, 0.1) is 24.9 Å². The summed E-state index contributed by atoms with van der Waals surface area (Å²) in [6.07, 6.45) is 4.82. The molecule has 0 bridgehead atoms. The SMILES string of the molecule is CC#CC#CC#CC#CC#CC#CC#CC#CC#CC#CC#CC#CC(=O)N[C@@H](CO[C@@H]1O[C@@H](C)[C@@H](O)C(O)C1O)[C@H](O)[C@H](O)CCCCCCCCCCCCCC. The van der Waals surface area contributed by atoms with Gasteiger partial charge in [0.2, 0.25) is 0 Å². The molecule has 1 amide bonds. The summed E-state index contributed by atoms with van der Waals surface area (Å²) in [5.41, 5.74) is 0. The minimum Gasteiger partial charge on any atom is -0.390 e. The van der Waals surface area contributed by atoms with Crippen molar-refractivity contribution in [3.8, 4) is 142 Å². The van der Waals surface area contributed by atoms with E-state index >= 15 is 0 Å². The Morgan fingerprint density at radius 2 is 0.966 bits per heavy atom. The first-order chi connectivity index (χ1) is 28.7. The smallest absolute Gasteiger partial charge is 0.297 e. The van der Waals surface area contributed by atoms with E-state index in [1.807, 2.05) is 0 Å². The summed E-state index contributed by atoms with van der Waals surface area (Å²) in [5, 5.41) is 54.8. The predicted octanol–water partition coefficient (Wildman–Crippen LogP) is 2.19. The molecule has 9 heteroatoms. The van der Waals surface area contributed by atoms with E-state index < -0.39 is 61.5 Å². The second-order valence-electron chi connectivity index (χ2n) is 13.0. The number of carbonyl (C=O) groups excluding carboxylic acids is 1. The summed E-state index contributed by atoms with van der Waals surface area (Å²) in [4.78, 5) is 12.7. The van der Waals surface area contributed by atoms with Gasteiger partial charge in [-0.1, -0.05) is 89.9 Å². The van der Waals surface area contributed by atoms with E-state index in [-0.39, 0.29) is 0 Å². The van der Waals surface area contributed by atoms with Crippen molar-refractivity contribution in [2.24, 2.45) is 0 Å². The number of unbranched alkanes of at least 4 members (excludes halogenated alkanes) is 11. The largest absolute Gasteiger partial charge is 0.390 e. The predicted molar refractivity (Wildman–Crippen MR) is 227 cm³/mol. The molecule has 6 N–H and O–H groups in total. The molecule has 0 aromatic heterocycles. The van der Waals surface area contributed by atoms with E-state index in [1.165, 1.54) is 58.3 Å². The van der Waals surface area contributed by atoms with Gasteiger partial charge in [0.25, 0.3) is 5.91 Å². The zero-order valence-corrected chi connectivity index (χ0v) is 34.0. The summed E-state index contributed by atoms with van der Waals surface area (Å²) in [6, 6.07) is -1.17. The van der Waals surface area contributed by atoms with Crippen LogP contribution in [-0.4, -0.2) is 87.0 Å². The monoisotopic (exact) mass is 793 g/mol. The lowest BCUT2D eigenvalue weighted by molar-refractivity contribution is -0.295. The first kappa shape index (κ1) is 50.9. The summed E-state index contributed by atoms with van der Waals surface area (Å²) < 4.78 is 11.1. The van der Waals surface area contributed by atoms with E-state index in [2.05, 4.69) is 154 Å². The maximum Gasteiger partial charge on any atom is 0.297 e. The van der Waals surface area contributed by atoms with Crippen LogP contribution in [0.2, 0.25) is 0 Å². The average Bonchev–Trinajstić information content (AvgIpc) is 3.23. The molecule has 1 aliphatic heterocycles. The van der Waals surface area contributed by atoms with E-state index in [9.17, 15) is 30.3 Å². The summed E-state index contributed by atoms with van der Waals surface area (Å²) in [5.74, 6) is 58.6. The maximum absolute atomic E-state index is 12.7. The Labute approximate surface area is 352 Å². The number of ether oxygens (including phenoxy) is 2. The van der Waals surface area contributed by atoms with Gasteiger partial charge < -0.3 is 40.3 Å².